The highest BCUT2D eigenvalue weighted by Crippen LogP contribution is 2.22. The lowest BCUT2D eigenvalue weighted by atomic mass is 10.2. The second kappa shape index (κ2) is 6.14. The summed E-state index contributed by atoms with van der Waals surface area (Å²) in [4.78, 5) is 26.4. The maximum atomic E-state index is 11.8. The Kier molecular flexibility index (Phi) is 4.45. The fourth-order valence-electron chi connectivity index (χ4n) is 1.82. The molecule has 1 aromatic carbocycles. The number of esters is 1. The average molecular weight is 325 g/mol. The van der Waals surface area contributed by atoms with Crippen LogP contribution in [0.25, 0.3) is 0 Å². The van der Waals surface area contributed by atoms with E-state index >= 15 is 0 Å². The first-order valence-electron chi connectivity index (χ1n) is 6.47. The molecule has 1 atom stereocenters. The quantitative estimate of drug-likeness (QED) is 0.707. The molecule has 22 heavy (non-hydrogen) atoms. The second-order valence-corrected chi connectivity index (χ2v) is 6.27. The number of primary amides is 1. The number of amidine groups is 1. The minimum absolute atomic E-state index is 0.0243. The van der Waals surface area contributed by atoms with E-state index in [9.17, 15) is 18.0 Å². The minimum Gasteiger partial charge on any atom is -0.453 e. The van der Waals surface area contributed by atoms with Gasteiger partial charge in [0.1, 0.15) is 5.84 Å². The summed E-state index contributed by atoms with van der Waals surface area (Å²) in [5.41, 5.74) is 5.43. The van der Waals surface area contributed by atoms with Gasteiger partial charge in [-0.3, -0.25) is 19.3 Å². The fraction of sp³-hybridized carbons (Fsp3) is 0.308. The maximum Gasteiger partial charge on any atom is 0.308 e. The normalized spacial score (nSPS) is 18.3. The Morgan fingerprint density at radius 2 is 2.05 bits per heavy atom. The predicted octanol–water partition coefficient (Wildman–Crippen LogP) is -0.468. The lowest BCUT2D eigenvalue weighted by Gasteiger charge is -2.08. The zero-order valence-electron chi connectivity index (χ0n) is 11.8. The summed E-state index contributed by atoms with van der Waals surface area (Å²) in [6.07, 6.45) is -1.10. The molecule has 0 aromatic heterocycles. The molecule has 0 saturated carbocycles. The van der Waals surface area contributed by atoms with E-state index < -0.39 is 28.0 Å². The average Bonchev–Trinajstić information content (AvgIpc) is 2.71. The van der Waals surface area contributed by atoms with Gasteiger partial charge in [-0.05, 0) is 19.1 Å². The van der Waals surface area contributed by atoms with Gasteiger partial charge in [0.25, 0.3) is 15.9 Å². The van der Waals surface area contributed by atoms with Gasteiger partial charge in [-0.1, -0.05) is 12.1 Å². The lowest BCUT2D eigenvalue weighted by molar-refractivity contribution is -0.153. The van der Waals surface area contributed by atoms with Crippen LogP contribution < -0.4 is 10.5 Å². The van der Waals surface area contributed by atoms with Crippen molar-refractivity contribution < 1.29 is 22.7 Å². The number of carbonyl (C=O) groups excluding carboxylic acids is 2. The van der Waals surface area contributed by atoms with Gasteiger partial charge in [0.15, 0.2) is 6.10 Å². The SMILES string of the molecule is CC(OC(=O)CCN=C1NS(=O)(=O)c2ccccc21)C(N)=O. The van der Waals surface area contributed by atoms with Crippen LogP contribution in [-0.2, 0) is 24.3 Å². The number of hydrogen-bond acceptors (Lipinski definition) is 6. The number of ether oxygens (including phenoxy) is 1. The molecule has 9 heteroatoms. The number of amides is 1. The Balaban J connectivity index is 2.01. The summed E-state index contributed by atoms with van der Waals surface area (Å²) in [5.74, 6) is -1.19. The summed E-state index contributed by atoms with van der Waals surface area (Å²) < 4.78 is 30.8. The maximum absolute atomic E-state index is 11.8. The van der Waals surface area contributed by atoms with E-state index in [-0.39, 0.29) is 23.7 Å². The number of fused-ring (bicyclic) bond motifs is 1. The van der Waals surface area contributed by atoms with Crippen LogP contribution in [0.1, 0.15) is 18.9 Å². The van der Waals surface area contributed by atoms with Crippen LogP contribution >= 0.6 is 0 Å². The first-order chi connectivity index (χ1) is 10.3. The van der Waals surface area contributed by atoms with Gasteiger partial charge in [-0.15, -0.1) is 0 Å². The fourth-order valence-corrected chi connectivity index (χ4v) is 3.08. The summed E-state index contributed by atoms with van der Waals surface area (Å²) >= 11 is 0. The molecule has 0 saturated heterocycles. The van der Waals surface area contributed by atoms with Crippen molar-refractivity contribution in [2.75, 3.05) is 6.54 Å². The highest BCUT2D eigenvalue weighted by Gasteiger charge is 2.30. The van der Waals surface area contributed by atoms with Gasteiger partial charge in [0, 0.05) is 5.56 Å². The number of nitrogens with one attached hydrogen (secondary N) is 1. The van der Waals surface area contributed by atoms with E-state index in [2.05, 4.69) is 9.71 Å². The van der Waals surface area contributed by atoms with Gasteiger partial charge in [0.2, 0.25) is 0 Å². The summed E-state index contributed by atoms with van der Waals surface area (Å²) in [5, 5.41) is 0. The Morgan fingerprint density at radius 1 is 1.36 bits per heavy atom. The number of rotatable bonds is 5. The molecule has 8 nitrogen and oxygen atoms in total. The molecule has 118 valence electrons. The van der Waals surface area contributed by atoms with Gasteiger partial charge in [-0.25, -0.2) is 8.42 Å². The molecular formula is C13H15N3O5S. The zero-order valence-corrected chi connectivity index (χ0v) is 12.6. The number of carbonyl (C=O) groups is 2. The Labute approximate surface area is 127 Å². The van der Waals surface area contributed by atoms with Gasteiger partial charge >= 0.3 is 5.97 Å². The third-order valence-electron chi connectivity index (χ3n) is 2.96. The van der Waals surface area contributed by atoms with Crippen molar-refractivity contribution >= 4 is 27.7 Å². The molecule has 1 aliphatic rings. The van der Waals surface area contributed by atoms with Crippen molar-refractivity contribution in [1.29, 1.82) is 0 Å². The van der Waals surface area contributed by atoms with Crippen LogP contribution in [0.3, 0.4) is 0 Å². The molecule has 1 unspecified atom stereocenters. The molecule has 3 N–H and O–H groups in total. The third-order valence-corrected chi connectivity index (χ3v) is 4.35. The van der Waals surface area contributed by atoms with Crippen molar-refractivity contribution in [1.82, 2.24) is 4.72 Å². The van der Waals surface area contributed by atoms with E-state index in [0.717, 1.165) is 0 Å². The first-order valence-corrected chi connectivity index (χ1v) is 7.95. The van der Waals surface area contributed by atoms with Gasteiger partial charge in [0.05, 0.1) is 17.9 Å². The zero-order chi connectivity index (χ0) is 16.3. The second-order valence-electron chi connectivity index (χ2n) is 4.62. The molecule has 0 bridgehead atoms. The van der Waals surface area contributed by atoms with Crippen LogP contribution in [0.4, 0.5) is 0 Å². The van der Waals surface area contributed by atoms with Crippen LogP contribution in [-0.4, -0.2) is 38.8 Å². The molecule has 1 heterocycles. The van der Waals surface area contributed by atoms with E-state index in [4.69, 9.17) is 10.5 Å². The van der Waals surface area contributed by atoms with Crippen molar-refractivity contribution in [2.24, 2.45) is 10.7 Å². The Morgan fingerprint density at radius 3 is 2.73 bits per heavy atom. The molecule has 2 rings (SSSR count). The number of aliphatic imine (C=N–C) groups is 1. The van der Waals surface area contributed by atoms with Gasteiger partial charge < -0.3 is 10.5 Å². The highest BCUT2D eigenvalue weighted by atomic mass is 32.2. The van der Waals surface area contributed by atoms with Crippen molar-refractivity contribution in [3.63, 3.8) is 0 Å². The largest absolute Gasteiger partial charge is 0.453 e. The smallest absolute Gasteiger partial charge is 0.308 e. The van der Waals surface area contributed by atoms with Gasteiger partial charge in [-0.2, -0.15) is 0 Å². The van der Waals surface area contributed by atoms with Crippen molar-refractivity contribution in [3.8, 4) is 0 Å². The van der Waals surface area contributed by atoms with Crippen molar-refractivity contribution in [3.05, 3.63) is 29.8 Å². The topological polar surface area (TPSA) is 128 Å². The van der Waals surface area contributed by atoms with Crippen molar-refractivity contribution in [2.45, 2.75) is 24.3 Å². The summed E-state index contributed by atoms with van der Waals surface area (Å²) in [6, 6.07) is 6.41. The molecule has 0 fully saturated rings. The van der Waals surface area contributed by atoms with Crippen LogP contribution in [0.5, 0.6) is 0 Å². The molecule has 1 aromatic rings. The monoisotopic (exact) mass is 325 g/mol. The summed E-state index contributed by atoms with van der Waals surface area (Å²) in [6.45, 7) is 1.39. The van der Waals surface area contributed by atoms with E-state index in [0.29, 0.717) is 5.56 Å². The lowest BCUT2D eigenvalue weighted by Crippen LogP contribution is -2.30. The van der Waals surface area contributed by atoms with E-state index in [1.807, 2.05) is 0 Å². The number of sulfonamides is 1. The highest BCUT2D eigenvalue weighted by molar-refractivity contribution is 7.90. The standard InChI is InChI=1S/C13H15N3O5S/c1-8(12(14)18)21-11(17)6-7-15-13-9-4-2-3-5-10(9)22(19,20)16-13/h2-5,8H,6-7H2,1H3,(H2,14,18)(H,15,16). The molecule has 0 radical (unpaired) electrons. The van der Waals surface area contributed by atoms with Crippen LogP contribution in [0.15, 0.2) is 34.2 Å². The third kappa shape index (κ3) is 3.42. The minimum atomic E-state index is -3.59. The number of hydrogen-bond donors (Lipinski definition) is 2. The van der Waals surface area contributed by atoms with Crippen LogP contribution in [0, 0.1) is 0 Å². The Bertz CT molecular complexity index is 742. The molecular weight excluding hydrogens is 310 g/mol. The summed E-state index contributed by atoms with van der Waals surface area (Å²) in [7, 11) is -3.59. The first kappa shape index (κ1) is 16.0. The molecule has 1 aliphatic heterocycles. The number of nitrogens with two attached hydrogens (primary N) is 1. The molecule has 0 spiro atoms. The number of nitrogens with zero attached hydrogens (tertiary/aromatic N) is 1. The predicted molar refractivity (Wildman–Crippen MR) is 77.5 cm³/mol. The van der Waals surface area contributed by atoms with E-state index in [1.165, 1.54) is 13.0 Å². The molecule has 0 aliphatic carbocycles. The van der Waals surface area contributed by atoms with Crippen LogP contribution in [0.2, 0.25) is 0 Å². The Hall–Kier alpha value is -2.42. The van der Waals surface area contributed by atoms with E-state index in [1.54, 1.807) is 18.2 Å². The molecule has 1 amide bonds. The number of benzene rings is 1.